The lowest BCUT2D eigenvalue weighted by molar-refractivity contribution is 0.0904. The first-order valence-corrected chi connectivity index (χ1v) is 15.4. The third kappa shape index (κ3) is 7.00. The maximum atomic E-state index is 13.4. The van der Waals surface area contributed by atoms with Gasteiger partial charge in [0.2, 0.25) is 0 Å². The van der Waals surface area contributed by atoms with Gasteiger partial charge in [-0.15, -0.1) is 0 Å². The topological polar surface area (TPSA) is 119 Å². The largest absolute Gasteiger partial charge is 0.496 e. The standard InChI is InChI=1S/C32H37BrN6O4/c1-4-27-25(29(37-24-11-13-43-14-12-24)26-19-36-39(5-2)30(26)38-27)18-35-32(41)21-8-6-7-20(15-21)31(40)34-17-22-16-23(33)9-10-28(22)42-3/h6-10,15-16,19,24H,4-5,11-14,17-18H2,1-3H3,(H,34,40)(H,35,41)(H,37,38). The van der Waals surface area contributed by atoms with Gasteiger partial charge in [0.05, 0.1) is 24.4 Å². The van der Waals surface area contributed by atoms with Crippen molar-refractivity contribution in [3.63, 3.8) is 0 Å². The molecule has 2 amide bonds. The molecule has 1 fully saturated rings. The van der Waals surface area contributed by atoms with Crippen LogP contribution in [-0.2, 0) is 30.8 Å². The van der Waals surface area contributed by atoms with Gasteiger partial charge in [-0.05, 0) is 62.6 Å². The molecule has 4 aromatic rings. The summed E-state index contributed by atoms with van der Waals surface area (Å²) < 4.78 is 13.8. The Hall–Kier alpha value is -3.96. The van der Waals surface area contributed by atoms with E-state index in [-0.39, 0.29) is 30.9 Å². The molecule has 1 aliphatic heterocycles. The first-order chi connectivity index (χ1) is 20.9. The molecule has 2 aromatic heterocycles. The third-order valence-electron chi connectivity index (χ3n) is 7.67. The second-order valence-electron chi connectivity index (χ2n) is 10.4. The van der Waals surface area contributed by atoms with E-state index in [9.17, 15) is 9.59 Å². The van der Waals surface area contributed by atoms with E-state index in [1.807, 2.05) is 36.0 Å². The highest BCUT2D eigenvalue weighted by molar-refractivity contribution is 9.10. The number of pyridine rings is 1. The Bertz CT molecular complexity index is 1620. The highest BCUT2D eigenvalue weighted by Gasteiger charge is 2.22. The normalized spacial score (nSPS) is 13.6. The van der Waals surface area contributed by atoms with Crippen molar-refractivity contribution in [2.24, 2.45) is 0 Å². The summed E-state index contributed by atoms with van der Waals surface area (Å²) in [6, 6.07) is 12.6. The molecule has 0 saturated carbocycles. The van der Waals surface area contributed by atoms with Crippen LogP contribution in [0.2, 0.25) is 0 Å². The molecular formula is C32H37BrN6O4. The molecule has 0 unspecified atom stereocenters. The molecule has 0 bridgehead atoms. The Morgan fingerprint density at radius 1 is 1.05 bits per heavy atom. The SMILES string of the molecule is CCc1nc2c(cnn2CC)c(NC2CCOCC2)c1CNC(=O)c1cccc(C(=O)NCc2cc(Br)ccc2OC)c1. The minimum atomic E-state index is -0.282. The van der Waals surface area contributed by atoms with Crippen molar-refractivity contribution >= 4 is 44.5 Å². The van der Waals surface area contributed by atoms with E-state index < -0.39 is 0 Å². The predicted octanol–water partition coefficient (Wildman–Crippen LogP) is 5.24. The van der Waals surface area contributed by atoms with Gasteiger partial charge in [-0.1, -0.05) is 28.9 Å². The van der Waals surface area contributed by atoms with E-state index in [4.69, 9.17) is 14.5 Å². The lowest BCUT2D eigenvalue weighted by atomic mass is 10.0. The molecule has 43 heavy (non-hydrogen) atoms. The van der Waals surface area contributed by atoms with Crippen LogP contribution in [0.5, 0.6) is 5.75 Å². The molecular weight excluding hydrogens is 612 g/mol. The Morgan fingerprint density at radius 3 is 2.44 bits per heavy atom. The molecule has 0 aliphatic carbocycles. The van der Waals surface area contributed by atoms with Gasteiger partial charge in [-0.25, -0.2) is 9.67 Å². The van der Waals surface area contributed by atoms with Crippen molar-refractivity contribution in [2.45, 2.75) is 58.8 Å². The van der Waals surface area contributed by atoms with Crippen LogP contribution in [0, 0.1) is 0 Å². The zero-order valence-electron chi connectivity index (χ0n) is 24.7. The minimum absolute atomic E-state index is 0.260. The number of anilines is 1. The molecule has 226 valence electrons. The average Bonchev–Trinajstić information content (AvgIpc) is 3.46. The summed E-state index contributed by atoms with van der Waals surface area (Å²) in [6.07, 6.45) is 4.37. The number of amides is 2. The maximum Gasteiger partial charge on any atom is 0.251 e. The Balaban J connectivity index is 1.34. The Morgan fingerprint density at radius 2 is 1.77 bits per heavy atom. The monoisotopic (exact) mass is 648 g/mol. The molecule has 0 radical (unpaired) electrons. The molecule has 11 heteroatoms. The number of benzene rings is 2. The smallest absolute Gasteiger partial charge is 0.251 e. The fraction of sp³-hybridized carbons (Fsp3) is 0.375. The van der Waals surface area contributed by atoms with Crippen LogP contribution in [0.1, 0.15) is 64.2 Å². The van der Waals surface area contributed by atoms with Crippen molar-refractivity contribution in [3.05, 3.63) is 81.1 Å². The zero-order chi connectivity index (χ0) is 30.3. The average molecular weight is 650 g/mol. The molecule has 10 nitrogen and oxygen atoms in total. The number of aryl methyl sites for hydroxylation is 2. The van der Waals surface area contributed by atoms with Crippen LogP contribution in [-0.4, -0.2) is 52.9 Å². The van der Waals surface area contributed by atoms with Crippen molar-refractivity contribution < 1.29 is 19.1 Å². The number of ether oxygens (including phenoxy) is 2. The van der Waals surface area contributed by atoms with Crippen molar-refractivity contribution in [2.75, 3.05) is 25.6 Å². The highest BCUT2D eigenvalue weighted by Crippen LogP contribution is 2.31. The number of carbonyl (C=O) groups excluding carboxylic acids is 2. The number of fused-ring (bicyclic) bond motifs is 1. The summed E-state index contributed by atoms with van der Waals surface area (Å²) in [6.45, 7) is 6.83. The molecule has 1 aliphatic rings. The lowest BCUT2D eigenvalue weighted by Crippen LogP contribution is -2.30. The van der Waals surface area contributed by atoms with Crippen LogP contribution in [0.3, 0.4) is 0 Å². The number of aromatic nitrogens is 3. The van der Waals surface area contributed by atoms with Gasteiger partial charge in [0.25, 0.3) is 11.8 Å². The van der Waals surface area contributed by atoms with Gasteiger partial charge in [0, 0.05) is 71.3 Å². The van der Waals surface area contributed by atoms with E-state index in [0.29, 0.717) is 43.1 Å². The molecule has 1 saturated heterocycles. The van der Waals surface area contributed by atoms with E-state index in [1.54, 1.807) is 31.4 Å². The number of rotatable bonds is 11. The number of carbonyl (C=O) groups is 2. The summed E-state index contributed by atoms with van der Waals surface area (Å²) in [5.74, 6) is 0.130. The molecule has 2 aromatic carbocycles. The van der Waals surface area contributed by atoms with Gasteiger partial charge >= 0.3 is 0 Å². The van der Waals surface area contributed by atoms with Crippen LogP contribution in [0.25, 0.3) is 11.0 Å². The number of hydrogen-bond donors (Lipinski definition) is 3. The summed E-state index contributed by atoms with van der Waals surface area (Å²) in [7, 11) is 1.59. The van der Waals surface area contributed by atoms with Crippen LogP contribution in [0.4, 0.5) is 5.69 Å². The van der Waals surface area contributed by atoms with E-state index in [2.05, 4.69) is 43.9 Å². The third-order valence-corrected chi connectivity index (χ3v) is 8.16. The predicted molar refractivity (Wildman–Crippen MR) is 170 cm³/mol. The van der Waals surface area contributed by atoms with Gasteiger partial charge in [0.1, 0.15) is 5.75 Å². The number of methoxy groups -OCH3 is 1. The van der Waals surface area contributed by atoms with E-state index in [1.165, 1.54) is 0 Å². The minimum Gasteiger partial charge on any atom is -0.496 e. The van der Waals surface area contributed by atoms with Crippen molar-refractivity contribution in [3.8, 4) is 5.75 Å². The van der Waals surface area contributed by atoms with Crippen molar-refractivity contribution in [1.82, 2.24) is 25.4 Å². The van der Waals surface area contributed by atoms with E-state index in [0.717, 1.165) is 50.9 Å². The quantitative estimate of drug-likeness (QED) is 0.204. The van der Waals surface area contributed by atoms with Gasteiger partial charge < -0.3 is 25.4 Å². The maximum absolute atomic E-state index is 13.4. The number of nitrogens with one attached hydrogen (secondary N) is 3. The number of hydrogen-bond acceptors (Lipinski definition) is 7. The lowest BCUT2D eigenvalue weighted by Gasteiger charge is -2.26. The molecule has 0 atom stereocenters. The molecule has 3 heterocycles. The van der Waals surface area contributed by atoms with Crippen LogP contribution >= 0.6 is 15.9 Å². The first kappa shape index (κ1) is 30.5. The number of halogens is 1. The fourth-order valence-electron chi connectivity index (χ4n) is 5.34. The molecule has 3 N–H and O–H groups in total. The second kappa shape index (κ2) is 14.0. The van der Waals surface area contributed by atoms with Gasteiger partial charge in [-0.2, -0.15) is 5.10 Å². The highest BCUT2D eigenvalue weighted by atomic mass is 79.9. The zero-order valence-corrected chi connectivity index (χ0v) is 26.3. The molecule has 0 spiro atoms. The van der Waals surface area contributed by atoms with Gasteiger partial charge in [0.15, 0.2) is 5.65 Å². The Labute approximate surface area is 259 Å². The first-order valence-electron chi connectivity index (χ1n) is 14.6. The van der Waals surface area contributed by atoms with Crippen LogP contribution in [0.15, 0.2) is 53.1 Å². The van der Waals surface area contributed by atoms with Crippen LogP contribution < -0.4 is 20.7 Å². The van der Waals surface area contributed by atoms with Crippen molar-refractivity contribution in [1.29, 1.82) is 0 Å². The second-order valence-corrected chi connectivity index (χ2v) is 11.3. The number of nitrogens with zero attached hydrogens (tertiary/aromatic N) is 3. The summed E-state index contributed by atoms with van der Waals surface area (Å²) >= 11 is 3.46. The Kier molecular flexibility index (Phi) is 9.93. The van der Waals surface area contributed by atoms with E-state index >= 15 is 0 Å². The fourth-order valence-corrected chi connectivity index (χ4v) is 5.74. The summed E-state index contributed by atoms with van der Waals surface area (Å²) in [4.78, 5) is 31.3. The van der Waals surface area contributed by atoms with Gasteiger partial charge in [-0.3, -0.25) is 9.59 Å². The molecule has 5 rings (SSSR count). The summed E-state index contributed by atoms with van der Waals surface area (Å²) in [5.41, 5.74) is 5.29. The summed E-state index contributed by atoms with van der Waals surface area (Å²) in [5, 5.41) is 15.2.